The van der Waals surface area contributed by atoms with Gasteiger partial charge in [0, 0.05) is 19.7 Å². The van der Waals surface area contributed by atoms with Crippen molar-refractivity contribution in [3.63, 3.8) is 0 Å². The first-order valence-corrected chi connectivity index (χ1v) is 8.33. The summed E-state index contributed by atoms with van der Waals surface area (Å²) in [7, 11) is 3.75. The number of carbonyl (C=O) groups is 2. The Kier molecular flexibility index (Phi) is 4.89. The maximum atomic E-state index is 12.6. The molecule has 0 saturated heterocycles. The van der Waals surface area contributed by atoms with Crippen molar-refractivity contribution in [2.45, 2.75) is 6.42 Å². The second-order valence-electron chi connectivity index (χ2n) is 6.35. The van der Waals surface area contributed by atoms with Gasteiger partial charge >= 0.3 is 0 Å². The minimum Gasteiger partial charge on any atom is -0.376 e. The molecule has 0 bridgehead atoms. The van der Waals surface area contributed by atoms with Crippen LogP contribution in [0.2, 0.25) is 0 Å². The average molecular weight is 347 g/mol. The van der Waals surface area contributed by atoms with Gasteiger partial charge in [0.15, 0.2) is 0 Å². The second kappa shape index (κ2) is 7.27. The highest BCUT2D eigenvalue weighted by molar-refractivity contribution is 6.01. The van der Waals surface area contributed by atoms with Gasteiger partial charge in [0.05, 0.1) is 17.8 Å². The lowest BCUT2D eigenvalue weighted by molar-refractivity contribution is -0.115. The van der Waals surface area contributed by atoms with E-state index >= 15 is 0 Å². The van der Waals surface area contributed by atoms with Gasteiger partial charge in [-0.2, -0.15) is 0 Å². The summed E-state index contributed by atoms with van der Waals surface area (Å²) in [6, 6.07) is 18.9. The molecule has 0 heterocycles. The molecule has 0 saturated carbocycles. The van der Waals surface area contributed by atoms with Crippen molar-refractivity contribution in [3.8, 4) is 0 Å². The molecule has 3 rings (SSSR count). The Labute approximate surface area is 152 Å². The van der Waals surface area contributed by atoms with Gasteiger partial charge in [-0.25, -0.2) is 0 Å². The van der Waals surface area contributed by atoms with E-state index in [-0.39, 0.29) is 12.3 Å². The summed E-state index contributed by atoms with van der Waals surface area (Å²) >= 11 is 0. The van der Waals surface area contributed by atoms with Crippen LogP contribution in [0.3, 0.4) is 0 Å². The Bertz CT molecular complexity index is 975. The molecule has 0 aromatic heterocycles. The minimum absolute atomic E-state index is 0.147. The molecular weight excluding hydrogens is 326 g/mol. The highest BCUT2D eigenvalue weighted by atomic mass is 16.2. The molecule has 0 unspecified atom stereocenters. The number of benzene rings is 3. The van der Waals surface area contributed by atoms with Crippen LogP contribution < -0.4 is 16.0 Å². The zero-order chi connectivity index (χ0) is 18.7. The Morgan fingerprint density at radius 1 is 1.00 bits per heavy atom. The van der Waals surface area contributed by atoms with E-state index in [0.717, 1.165) is 22.0 Å². The van der Waals surface area contributed by atoms with Gasteiger partial charge in [-0.3, -0.25) is 9.59 Å². The fourth-order valence-electron chi connectivity index (χ4n) is 2.99. The van der Waals surface area contributed by atoms with Crippen molar-refractivity contribution >= 4 is 34.0 Å². The molecule has 3 aromatic rings. The highest BCUT2D eigenvalue weighted by Gasteiger charge is 2.13. The number of nitrogens with one attached hydrogen (secondary N) is 1. The Morgan fingerprint density at radius 2 is 1.73 bits per heavy atom. The molecule has 0 fully saturated rings. The van der Waals surface area contributed by atoms with Crippen LogP contribution in [0.4, 0.5) is 11.4 Å². The van der Waals surface area contributed by atoms with Crippen LogP contribution in [0.25, 0.3) is 10.8 Å². The molecule has 5 heteroatoms. The molecule has 2 amide bonds. The molecule has 26 heavy (non-hydrogen) atoms. The monoisotopic (exact) mass is 347 g/mol. The van der Waals surface area contributed by atoms with Crippen LogP contribution in [-0.4, -0.2) is 25.9 Å². The maximum absolute atomic E-state index is 12.6. The summed E-state index contributed by atoms with van der Waals surface area (Å²) < 4.78 is 0. The molecule has 132 valence electrons. The second-order valence-corrected chi connectivity index (χ2v) is 6.35. The van der Waals surface area contributed by atoms with E-state index in [2.05, 4.69) is 5.32 Å². The summed E-state index contributed by atoms with van der Waals surface area (Å²) in [6.45, 7) is 0. The number of hydrogen-bond acceptors (Lipinski definition) is 3. The van der Waals surface area contributed by atoms with Crippen LogP contribution in [0.1, 0.15) is 15.9 Å². The molecule has 0 aliphatic rings. The van der Waals surface area contributed by atoms with Crippen LogP contribution >= 0.6 is 0 Å². The van der Waals surface area contributed by atoms with Gasteiger partial charge < -0.3 is 16.0 Å². The molecule has 0 atom stereocenters. The number of carbonyl (C=O) groups excluding carboxylic acids is 2. The maximum Gasteiger partial charge on any atom is 0.248 e. The number of hydrogen-bond donors (Lipinski definition) is 2. The van der Waals surface area contributed by atoms with Crippen molar-refractivity contribution in [2.75, 3.05) is 24.3 Å². The predicted molar refractivity (Wildman–Crippen MR) is 106 cm³/mol. The topological polar surface area (TPSA) is 75.4 Å². The molecule has 3 N–H and O–H groups in total. The summed E-state index contributed by atoms with van der Waals surface area (Å²) in [4.78, 5) is 26.0. The Hall–Kier alpha value is -3.34. The van der Waals surface area contributed by atoms with Gasteiger partial charge in [0.1, 0.15) is 0 Å². The lowest BCUT2D eigenvalue weighted by atomic mass is 10.0. The molecule has 5 nitrogen and oxygen atoms in total. The largest absolute Gasteiger partial charge is 0.376 e. The number of nitrogens with two attached hydrogens (primary N) is 1. The fraction of sp³-hybridized carbons (Fsp3) is 0.143. The van der Waals surface area contributed by atoms with Crippen molar-refractivity contribution < 1.29 is 9.59 Å². The van der Waals surface area contributed by atoms with Gasteiger partial charge in [-0.15, -0.1) is 0 Å². The number of fused-ring (bicyclic) bond motifs is 1. The fourth-order valence-corrected chi connectivity index (χ4v) is 2.99. The van der Waals surface area contributed by atoms with Crippen LogP contribution in [0, 0.1) is 0 Å². The van der Waals surface area contributed by atoms with E-state index in [1.165, 1.54) is 0 Å². The third-order valence-electron chi connectivity index (χ3n) is 4.27. The lowest BCUT2D eigenvalue weighted by Gasteiger charge is -2.19. The smallest absolute Gasteiger partial charge is 0.248 e. The van der Waals surface area contributed by atoms with Gasteiger partial charge in [-0.1, -0.05) is 42.5 Å². The number of amides is 2. The molecule has 3 aromatic carbocycles. The third-order valence-corrected chi connectivity index (χ3v) is 4.27. The van der Waals surface area contributed by atoms with Crippen molar-refractivity contribution in [2.24, 2.45) is 5.73 Å². The summed E-state index contributed by atoms with van der Waals surface area (Å²) in [5.74, 6) is -0.675. The third kappa shape index (κ3) is 3.67. The van der Waals surface area contributed by atoms with Gasteiger partial charge in [0.2, 0.25) is 11.8 Å². The van der Waals surface area contributed by atoms with E-state index in [1.807, 2.05) is 61.5 Å². The van der Waals surface area contributed by atoms with E-state index in [1.54, 1.807) is 18.2 Å². The minimum atomic E-state index is -0.528. The van der Waals surface area contributed by atoms with Crippen molar-refractivity contribution in [1.82, 2.24) is 0 Å². The molecular formula is C21H21N3O2. The normalized spacial score (nSPS) is 10.5. The van der Waals surface area contributed by atoms with Crippen LogP contribution in [0.5, 0.6) is 0 Å². The van der Waals surface area contributed by atoms with Crippen molar-refractivity contribution in [3.05, 3.63) is 71.8 Å². The standard InChI is InChI=1S/C21H21N3O2/c1-24(2)19-11-10-16(21(22)26)12-18(19)23-20(25)13-15-8-5-7-14-6-3-4-9-17(14)15/h3-12H,13H2,1-2H3,(H2,22,26)(H,23,25). The predicted octanol–water partition coefficient (Wildman–Crippen LogP) is 3.19. The van der Waals surface area contributed by atoms with E-state index in [4.69, 9.17) is 5.73 Å². The first-order valence-electron chi connectivity index (χ1n) is 8.33. The molecule has 0 spiro atoms. The average Bonchev–Trinajstić information content (AvgIpc) is 2.61. The Balaban J connectivity index is 1.88. The first kappa shape index (κ1) is 17.5. The van der Waals surface area contributed by atoms with E-state index in [9.17, 15) is 9.59 Å². The summed E-state index contributed by atoms with van der Waals surface area (Å²) in [5, 5.41) is 5.07. The molecule has 0 radical (unpaired) electrons. The molecule has 0 aliphatic heterocycles. The van der Waals surface area contributed by atoms with Crippen LogP contribution in [0.15, 0.2) is 60.7 Å². The van der Waals surface area contributed by atoms with E-state index < -0.39 is 5.91 Å². The number of rotatable bonds is 5. The SMILES string of the molecule is CN(C)c1ccc(C(N)=O)cc1NC(=O)Cc1cccc2ccccc12. The lowest BCUT2D eigenvalue weighted by Crippen LogP contribution is -2.19. The highest BCUT2D eigenvalue weighted by Crippen LogP contribution is 2.26. The van der Waals surface area contributed by atoms with Gasteiger partial charge in [0.25, 0.3) is 0 Å². The summed E-state index contributed by atoms with van der Waals surface area (Å²) in [5.41, 5.74) is 8.05. The number of nitrogens with zero attached hydrogens (tertiary/aromatic N) is 1. The zero-order valence-electron chi connectivity index (χ0n) is 14.8. The van der Waals surface area contributed by atoms with Gasteiger partial charge in [-0.05, 0) is 34.5 Å². The van der Waals surface area contributed by atoms with E-state index in [0.29, 0.717) is 11.3 Å². The zero-order valence-corrected chi connectivity index (χ0v) is 14.8. The number of anilines is 2. The summed E-state index contributed by atoms with van der Waals surface area (Å²) in [6.07, 6.45) is 0.245. The van der Waals surface area contributed by atoms with Crippen molar-refractivity contribution in [1.29, 1.82) is 0 Å². The first-order chi connectivity index (χ1) is 12.5. The number of primary amides is 1. The van der Waals surface area contributed by atoms with Crippen LogP contribution in [-0.2, 0) is 11.2 Å². The molecule has 0 aliphatic carbocycles. The Morgan fingerprint density at radius 3 is 2.46 bits per heavy atom. The quantitative estimate of drug-likeness (QED) is 0.744.